The second-order valence-corrected chi connectivity index (χ2v) is 5.45. The molecule has 5 heteroatoms. The largest absolute Gasteiger partial charge is 0.469 e. The first-order valence-corrected chi connectivity index (χ1v) is 5.84. The molecule has 0 saturated heterocycles. The van der Waals surface area contributed by atoms with Crippen LogP contribution in [-0.2, 0) is 14.3 Å². The second kappa shape index (κ2) is 4.94. The molecular weight excluding hydrogens is 222 g/mol. The van der Waals surface area contributed by atoms with Gasteiger partial charge >= 0.3 is 12.1 Å². The molecule has 0 aromatic carbocycles. The quantitative estimate of drug-likeness (QED) is 0.765. The van der Waals surface area contributed by atoms with Gasteiger partial charge in [0.2, 0.25) is 0 Å². The van der Waals surface area contributed by atoms with Gasteiger partial charge in [0.05, 0.1) is 12.5 Å². The number of hydrogen-bond donors (Lipinski definition) is 1. The van der Waals surface area contributed by atoms with Gasteiger partial charge in [-0.05, 0) is 40.0 Å². The maximum Gasteiger partial charge on any atom is 0.407 e. The van der Waals surface area contributed by atoms with E-state index in [0.717, 1.165) is 12.8 Å². The van der Waals surface area contributed by atoms with Crippen molar-refractivity contribution in [3.8, 4) is 0 Å². The van der Waals surface area contributed by atoms with Crippen molar-refractivity contribution in [1.29, 1.82) is 0 Å². The van der Waals surface area contributed by atoms with Crippen molar-refractivity contribution in [3.05, 3.63) is 0 Å². The van der Waals surface area contributed by atoms with Crippen LogP contribution in [0.5, 0.6) is 0 Å². The topological polar surface area (TPSA) is 64.6 Å². The normalized spacial score (nSPS) is 17.2. The maximum absolute atomic E-state index is 11.4. The number of carbonyl (C=O) groups excluding carboxylic acids is 2. The summed E-state index contributed by atoms with van der Waals surface area (Å²) in [4.78, 5) is 22.8. The first-order chi connectivity index (χ1) is 7.79. The molecule has 1 aliphatic rings. The lowest BCUT2D eigenvalue weighted by Gasteiger charge is -2.20. The van der Waals surface area contributed by atoms with Crippen molar-refractivity contribution < 1.29 is 19.1 Å². The zero-order chi connectivity index (χ0) is 13.1. The van der Waals surface area contributed by atoms with E-state index in [2.05, 4.69) is 5.32 Å². The Labute approximate surface area is 102 Å². The lowest BCUT2D eigenvalue weighted by Crippen LogP contribution is -2.34. The van der Waals surface area contributed by atoms with E-state index in [1.807, 2.05) is 20.8 Å². The summed E-state index contributed by atoms with van der Waals surface area (Å²) < 4.78 is 9.83. The predicted octanol–water partition coefficient (Wildman–Crippen LogP) is 1.85. The highest BCUT2D eigenvalue weighted by Gasteiger charge is 2.50. The summed E-state index contributed by atoms with van der Waals surface area (Å²) in [5, 5.41) is 2.65. The number of nitrogens with one attached hydrogen (secondary N) is 1. The van der Waals surface area contributed by atoms with Gasteiger partial charge in [0.1, 0.15) is 5.60 Å². The van der Waals surface area contributed by atoms with Crippen molar-refractivity contribution >= 4 is 12.1 Å². The molecule has 0 atom stereocenters. The predicted molar refractivity (Wildman–Crippen MR) is 62.5 cm³/mol. The lowest BCUT2D eigenvalue weighted by molar-refractivity contribution is -0.147. The number of esters is 1. The summed E-state index contributed by atoms with van der Waals surface area (Å²) in [5.41, 5.74) is -0.854. The molecule has 1 aliphatic carbocycles. The Morgan fingerprint density at radius 1 is 1.29 bits per heavy atom. The molecule has 0 bridgehead atoms. The Morgan fingerprint density at radius 3 is 2.29 bits per heavy atom. The van der Waals surface area contributed by atoms with Crippen LogP contribution >= 0.6 is 0 Å². The van der Waals surface area contributed by atoms with Crippen LogP contribution in [-0.4, -0.2) is 31.3 Å². The molecule has 17 heavy (non-hydrogen) atoms. The van der Waals surface area contributed by atoms with Crippen LogP contribution in [0.25, 0.3) is 0 Å². The number of methoxy groups -OCH3 is 1. The van der Waals surface area contributed by atoms with Gasteiger partial charge in [-0.1, -0.05) is 0 Å². The van der Waals surface area contributed by atoms with Gasteiger partial charge in [-0.2, -0.15) is 0 Å². The average molecular weight is 243 g/mol. The molecule has 1 N–H and O–H groups in total. The fraction of sp³-hybridized carbons (Fsp3) is 0.833. The molecule has 1 fully saturated rings. The maximum atomic E-state index is 11.4. The molecule has 0 aromatic rings. The Bertz CT molecular complexity index is 302. The second-order valence-electron chi connectivity index (χ2n) is 5.45. The third-order valence-electron chi connectivity index (χ3n) is 2.74. The highest BCUT2D eigenvalue weighted by atomic mass is 16.6. The molecule has 0 spiro atoms. The molecule has 0 unspecified atom stereocenters. The van der Waals surface area contributed by atoms with Gasteiger partial charge in [0.15, 0.2) is 0 Å². The molecular formula is C12H21NO4. The number of ether oxygens (including phenoxy) is 2. The number of alkyl carbamates (subject to hydrolysis) is 1. The highest BCUT2D eigenvalue weighted by molar-refractivity contribution is 5.79. The number of amides is 1. The summed E-state index contributed by atoms with van der Waals surface area (Å²) in [6, 6.07) is 0. The molecule has 0 aromatic heterocycles. The van der Waals surface area contributed by atoms with Crippen LogP contribution in [0.15, 0.2) is 0 Å². The molecule has 1 saturated carbocycles. The minimum absolute atomic E-state index is 0.177. The lowest BCUT2D eigenvalue weighted by atomic mass is 10.0. The fourth-order valence-electron chi connectivity index (χ4n) is 1.64. The average Bonchev–Trinajstić information content (AvgIpc) is 2.95. The summed E-state index contributed by atoms with van der Waals surface area (Å²) in [6.07, 6.45) is 1.85. The highest BCUT2D eigenvalue weighted by Crippen LogP contribution is 2.49. The third kappa shape index (κ3) is 4.24. The monoisotopic (exact) mass is 243 g/mol. The van der Waals surface area contributed by atoms with Gasteiger partial charge in [0, 0.05) is 6.54 Å². The Hall–Kier alpha value is -1.26. The van der Waals surface area contributed by atoms with E-state index in [-0.39, 0.29) is 11.4 Å². The van der Waals surface area contributed by atoms with Crippen molar-refractivity contribution in [1.82, 2.24) is 5.32 Å². The molecule has 98 valence electrons. The summed E-state index contributed by atoms with van der Waals surface area (Å²) in [6.45, 7) is 5.86. The van der Waals surface area contributed by atoms with Crippen molar-refractivity contribution in [2.75, 3.05) is 13.7 Å². The van der Waals surface area contributed by atoms with Gasteiger partial charge in [0.25, 0.3) is 0 Å². The van der Waals surface area contributed by atoms with E-state index >= 15 is 0 Å². The first-order valence-electron chi connectivity index (χ1n) is 5.84. The zero-order valence-corrected chi connectivity index (χ0v) is 11.0. The van der Waals surface area contributed by atoms with E-state index < -0.39 is 11.7 Å². The van der Waals surface area contributed by atoms with Gasteiger partial charge in [-0.15, -0.1) is 0 Å². The van der Waals surface area contributed by atoms with E-state index in [1.165, 1.54) is 7.11 Å². The summed E-state index contributed by atoms with van der Waals surface area (Å²) >= 11 is 0. The van der Waals surface area contributed by atoms with E-state index in [9.17, 15) is 9.59 Å². The van der Waals surface area contributed by atoms with Crippen LogP contribution in [0.1, 0.15) is 40.0 Å². The fourth-order valence-corrected chi connectivity index (χ4v) is 1.64. The zero-order valence-electron chi connectivity index (χ0n) is 11.0. The minimum atomic E-state index is -0.496. The van der Waals surface area contributed by atoms with Gasteiger partial charge < -0.3 is 14.8 Å². The van der Waals surface area contributed by atoms with Crippen LogP contribution < -0.4 is 5.32 Å². The van der Waals surface area contributed by atoms with E-state index in [0.29, 0.717) is 13.0 Å². The smallest absolute Gasteiger partial charge is 0.407 e. The summed E-state index contributed by atoms with van der Waals surface area (Å²) in [5.74, 6) is -0.177. The van der Waals surface area contributed by atoms with E-state index in [1.54, 1.807) is 0 Å². The molecule has 1 amide bonds. The number of carbonyl (C=O) groups is 2. The Balaban J connectivity index is 2.25. The van der Waals surface area contributed by atoms with Crippen molar-refractivity contribution in [3.63, 3.8) is 0 Å². The van der Waals surface area contributed by atoms with Crippen LogP contribution in [0.4, 0.5) is 4.79 Å². The molecule has 1 rings (SSSR count). The van der Waals surface area contributed by atoms with Crippen LogP contribution in [0, 0.1) is 5.41 Å². The molecule has 0 radical (unpaired) electrons. The molecule has 0 aliphatic heterocycles. The van der Waals surface area contributed by atoms with Crippen molar-refractivity contribution in [2.45, 2.75) is 45.6 Å². The Morgan fingerprint density at radius 2 is 1.88 bits per heavy atom. The molecule has 5 nitrogen and oxygen atoms in total. The Kier molecular flexibility index (Phi) is 4.01. The number of rotatable bonds is 4. The van der Waals surface area contributed by atoms with Crippen LogP contribution in [0.2, 0.25) is 0 Å². The third-order valence-corrected chi connectivity index (χ3v) is 2.74. The summed E-state index contributed by atoms with van der Waals surface area (Å²) in [7, 11) is 1.39. The van der Waals surface area contributed by atoms with Gasteiger partial charge in [-0.25, -0.2) is 4.79 Å². The van der Waals surface area contributed by atoms with Crippen LogP contribution in [0.3, 0.4) is 0 Å². The van der Waals surface area contributed by atoms with E-state index in [4.69, 9.17) is 9.47 Å². The minimum Gasteiger partial charge on any atom is -0.469 e. The van der Waals surface area contributed by atoms with Crippen molar-refractivity contribution in [2.24, 2.45) is 5.41 Å². The number of hydrogen-bond acceptors (Lipinski definition) is 4. The SMILES string of the molecule is COC(=O)C1(CCNC(=O)OC(C)(C)C)CC1. The molecule has 0 heterocycles. The standard InChI is InChI=1S/C12H21NO4/c1-11(2,3)17-10(15)13-8-7-12(5-6-12)9(14)16-4/h5-8H2,1-4H3,(H,13,15). The first kappa shape index (κ1) is 13.8. The van der Waals surface area contributed by atoms with Gasteiger partial charge in [-0.3, -0.25) is 4.79 Å².